The molecule has 0 fully saturated rings. The first kappa shape index (κ1) is 11.9. The van der Waals surface area contributed by atoms with Crippen LogP contribution in [0.15, 0.2) is 28.7 Å². The second kappa shape index (κ2) is 4.03. The van der Waals surface area contributed by atoms with Crippen molar-refractivity contribution in [2.45, 2.75) is 6.18 Å². The first-order valence-corrected chi connectivity index (χ1v) is 5.02. The summed E-state index contributed by atoms with van der Waals surface area (Å²) in [4.78, 5) is 0. The molecule has 6 heteroatoms. The van der Waals surface area contributed by atoms with Gasteiger partial charge in [0.1, 0.15) is 11.3 Å². The lowest BCUT2D eigenvalue weighted by Crippen LogP contribution is -2.04. The summed E-state index contributed by atoms with van der Waals surface area (Å²) >= 11 is 4.89. The molecule has 0 N–H and O–H groups in total. The van der Waals surface area contributed by atoms with Gasteiger partial charge in [0.2, 0.25) is 5.76 Å². The summed E-state index contributed by atoms with van der Waals surface area (Å²) in [6, 6.07) is 5.37. The Morgan fingerprint density at radius 3 is 2.53 bits per heavy atom. The summed E-state index contributed by atoms with van der Waals surface area (Å²) in [7, 11) is 1.42. The van der Waals surface area contributed by atoms with Crippen LogP contribution in [0.2, 0.25) is 0 Å². The molecule has 0 bridgehead atoms. The number of benzene rings is 1. The fraction of sp³-hybridized carbons (Fsp3) is 0.182. The SMILES string of the molecule is COc1ccc2c(=S)cc(C(F)(F)F)oc2c1. The smallest absolute Gasteiger partial charge is 0.449 e. The number of rotatable bonds is 1. The Hall–Kier alpha value is -1.56. The molecule has 0 unspecified atom stereocenters. The molecule has 1 heterocycles. The van der Waals surface area contributed by atoms with Crippen LogP contribution in [-0.4, -0.2) is 7.11 Å². The van der Waals surface area contributed by atoms with Crippen LogP contribution in [0.25, 0.3) is 11.0 Å². The minimum absolute atomic E-state index is 0.0594. The van der Waals surface area contributed by atoms with Gasteiger partial charge >= 0.3 is 6.18 Å². The molecular formula is C11H7F3O2S. The summed E-state index contributed by atoms with van der Waals surface area (Å²) in [5.74, 6) is -0.696. The maximum Gasteiger partial charge on any atom is 0.449 e. The van der Waals surface area contributed by atoms with Crippen molar-refractivity contribution in [1.29, 1.82) is 0 Å². The molecule has 0 radical (unpaired) electrons. The van der Waals surface area contributed by atoms with Gasteiger partial charge in [-0.2, -0.15) is 13.2 Å². The molecule has 0 saturated carbocycles. The lowest BCUT2D eigenvalue weighted by Gasteiger charge is -2.07. The molecule has 17 heavy (non-hydrogen) atoms. The topological polar surface area (TPSA) is 22.4 Å². The summed E-state index contributed by atoms with van der Waals surface area (Å²) in [5, 5.41) is 0.453. The number of alkyl halides is 3. The van der Waals surface area contributed by atoms with Gasteiger partial charge in [-0.1, -0.05) is 12.2 Å². The van der Waals surface area contributed by atoms with Crippen molar-refractivity contribution in [3.8, 4) is 5.75 Å². The normalized spacial score (nSPS) is 11.8. The monoisotopic (exact) mass is 260 g/mol. The molecule has 90 valence electrons. The number of methoxy groups -OCH3 is 1. The fourth-order valence-corrected chi connectivity index (χ4v) is 1.68. The highest BCUT2D eigenvalue weighted by atomic mass is 32.1. The highest BCUT2D eigenvalue weighted by molar-refractivity contribution is 7.71. The maximum atomic E-state index is 12.5. The predicted octanol–water partition coefficient (Wildman–Crippen LogP) is 4.19. The third-order valence-electron chi connectivity index (χ3n) is 2.22. The number of ether oxygens (including phenoxy) is 1. The van der Waals surface area contributed by atoms with Gasteiger partial charge in [0.05, 0.1) is 11.6 Å². The second-order valence-corrected chi connectivity index (χ2v) is 3.77. The van der Waals surface area contributed by atoms with Crippen molar-refractivity contribution in [3.05, 3.63) is 34.5 Å². The second-order valence-electron chi connectivity index (χ2n) is 3.33. The van der Waals surface area contributed by atoms with Gasteiger partial charge in [-0.05, 0) is 12.1 Å². The van der Waals surface area contributed by atoms with E-state index in [9.17, 15) is 13.2 Å². The number of hydrogen-bond donors (Lipinski definition) is 0. The number of hydrogen-bond acceptors (Lipinski definition) is 3. The molecule has 0 atom stereocenters. The highest BCUT2D eigenvalue weighted by Gasteiger charge is 2.34. The van der Waals surface area contributed by atoms with Gasteiger partial charge in [-0.3, -0.25) is 0 Å². The van der Waals surface area contributed by atoms with E-state index in [0.717, 1.165) is 6.07 Å². The molecule has 0 aliphatic rings. The van der Waals surface area contributed by atoms with Crippen molar-refractivity contribution >= 4 is 23.2 Å². The maximum absolute atomic E-state index is 12.5. The molecule has 0 amide bonds. The van der Waals surface area contributed by atoms with Crippen molar-refractivity contribution in [1.82, 2.24) is 0 Å². The lowest BCUT2D eigenvalue weighted by molar-refractivity contribution is -0.152. The van der Waals surface area contributed by atoms with Gasteiger partial charge in [-0.25, -0.2) is 0 Å². The van der Waals surface area contributed by atoms with Crippen LogP contribution in [0.1, 0.15) is 5.76 Å². The highest BCUT2D eigenvalue weighted by Crippen LogP contribution is 2.33. The van der Waals surface area contributed by atoms with Crippen LogP contribution in [0.3, 0.4) is 0 Å². The molecule has 0 spiro atoms. The van der Waals surface area contributed by atoms with E-state index in [0.29, 0.717) is 11.1 Å². The summed E-state index contributed by atoms with van der Waals surface area (Å²) < 4.78 is 47.3. The van der Waals surface area contributed by atoms with Crippen LogP contribution in [0.4, 0.5) is 13.2 Å². The molecule has 1 aromatic heterocycles. The van der Waals surface area contributed by atoms with Gasteiger partial charge in [0.25, 0.3) is 0 Å². The Labute approximate surface area is 99.6 Å². The van der Waals surface area contributed by atoms with Crippen LogP contribution < -0.4 is 4.74 Å². The first-order chi connectivity index (χ1) is 7.91. The average molecular weight is 260 g/mol. The van der Waals surface area contributed by atoms with E-state index in [1.54, 1.807) is 12.1 Å². The van der Waals surface area contributed by atoms with E-state index < -0.39 is 11.9 Å². The summed E-state index contributed by atoms with van der Waals surface area (Å²) in [6.45, 7) is 0. The molecule has 2 aromatic rings. The van der Waals surface area contributed by atoms with Crippen LogP contribution >= 0.6 is 12.2 Å². The predicted molar refractivity (Wildman–Crippen MR) is 58.6 cm³/mol. The standard InChI is InChI=1S/C11H7F3O2S/c1-15-6-2-3-7-8(4-6)16-10(5-9(7)17)11(12,13)14/h2-5H,1H3. The van der Waals surface area contributed by atoms with Gasteiger partial charge in [-0.15, -0.1) is 0 Å². The Balaban J connectivity index is 2.75. The average Bonchev–Trinajstić information content (AvgIpc) is 2.27. The third-order valence-corrected chi connectivity index (χ3v) is 2.55. The van der Waals surface area contributed by atoms with E-state index in [1.165, 1.54) is 13.2 Å². The van der Waals surface area contributed by atoms with Gasteiger partial charge in [0.15, 0.2) is 0 Å². The van der Waals surface area contributed by atoms with Gasteiger partial charge in [0, 0.05) is 17.5 Å². The van der Waals surface area contributed by atoms with Crippen molar-refractivity contribution in [3.63, 3.8) is 0 Å². The Kier molecular flexibility index (Phi) is 2.82. The number of fused-ring (bicyclic) bond motifs is 1. The van der Waals surface area contributed by atoms with Gasteiger partial charge < -0.3 is 9.15 Å². The summed E-state index contributed by atoms with van der Waals surface area (Å²) in [6.07, 6.45) is -4.55. The van der Waals surface area contributed by atoms with E-state index in [4.69, 9.17) is 21.4 Å². The zero-order chi connectivity index (χ0) is 12.6. The van der Waals surface area contributed by atoms with E-state index >= 15 is 0 Å². The van der Waals surface area contributed by atoms with Crippen LogP contribution in [0, 0.1) is 4.51 Å². The van der Waals surface area contributed by atoms with Crippen LogP contribution in [-0.2, 0) is 6.18 Å². The molecule has 0 aliphatic heterocycles. The molecular weight excluding hydrogens is 253 g/mol. The lowest BCUT2D eigenvalue weighted by atomic mass is 10.2. The zero-order valence-corrected chi connectivity index (χ0v) is 9.48. The Morgan fingerprint density at radius 1 is 1.24 bits per heavy atom. The van der Waals surface area contributed by atoms with Crippen molar-refractivity contribution in [2.24, 2.45) is 0 Å². The van der Waals surface area contributed by atoms with Crippen molar-refractivity contribution < 1.29 is 22.3 Å². The van der Waals surface area contributed by atoms with E-state index in [1.807, 2.05) is 0 Å². The van der Waals surface area contributed by atoms with Crippen LogP contribution in [0.5, 0.6) is 5.75 Å². The molecule has 2 nitrogen and oxygen atoms in total. The molecule has 1 aromatic carbocycles. The largest absolute Gasteiger partial charge is 0.497 e. The quantitative estimate of drug-likeness (QED) is 0.718. The minimum atomic E-state index is -4.55. The first-order valence-electron chi connectivity index (χ1n) is 4.61. The summed E-state index contributed by atoms with van der Waals surface area (Å²) in [5.41, 5.74) is 0.0594. The Bertz CT molecular complexity index is 616. The Morgan fingerprint density at radius 2 is 1.94 bits per heavy atom. The van der Waals surface area contributed by atoms with E-state index in [2.05, 4.69) is 0 Å². The zero-order valence-electron chi connectivity index (χ0n) is 8.67. The third kappa shape index (κ3) is 2.26. The number of halogens is 3. The molecule has 0 aliphatic carbocycles. The minimum Gasteiger partial charge on any atom is -0.497 e. The molecule has 0 saturated heterocycles. The van der Waals surface area contributed by atoms with Crippen molar-refractivity contribution in [2.75, 3.05) is 7.11 Å². The molecule has 2 rings (SSSR count). The fourth-order valence-electron chi connectivity index (χ4n) is 1.40. The van der Waals surface area contributed by atoms with E-state index in [-0.39, 0.29) is 10.1 Å².